The van der Waals surface area contributed by atoms with Gasteiger partial charge in [-0.05, 0) is 24.3 Å². The van der Waals surface area contributed by atoms with Gasteiger partial charge in [-0.2, -0.15) is 5.11 Å². The van der Waals surface area contributed by atoms with E-state index < -0.39 is 48.0 Å². The zero-order valence-corrected chi connectivity index (χ0v) is 16.9. The molecule has 166 valence electrons. The summed E-state index contributed by atoms with van der Waals surface area (Å²) in [6, 6.07) is 4.86. The van der Waals surface area contributed by atoms with E-state index in [1.807, 2.05) is 0 Å². The van der Waals surface area contributed by atoms with Crippen molar-refractivity contribution in [3.05, 3.63) is 48.0 Å². The van der Waals surface area contributed by atoms with Gasteiger partial charge >= 0.3 is 0 Å². The van der Waals surface area contributed by atoms with Gasteiger partial charge in [0.15, 0.2) is 23.6 Å². The second kappa shape index (κ2) is 8.21. The van der Waals surface area contributed by atoms with Crippen LogP contribution in [0.1, 0.15) is 0 Å². The number of nitrogens with one attached hydrogen (secondary N) is 1. The molecule has 0 aliphatic carbocycles. The van der Waals surface area contributed by atoms with Gasteiger partial charge in [0, 0.05) is 12.1 Å². The van der Waals surface area contributed by atoms with Crippen LogP contribution in [0.2, 0.25) is 0 Å². The summed E-state index contributed by atoms with van der Waals surface area (Å²) >= 11 is 0. The van der Waals surface area contributed by atoms with Crippen LogP contribution in [0.4, 0.5) is 20.2 Å². The number of ether oxygens (including phenoxy) is 2. The quantitative estimate of drug-likeness (QED) is 0.680. The number of benzene rings is 2. The molecule has 12 heteroatoms. The van der Waals surface area contributed by atoms with Gasteiger partial charge in [-0.25, -0.2) is 13.7 Å². The molecule has 0 aromatic heterocycles. The molecular formula is C20H17F2N5O5. The minimum atomic E-state index is -1.14. The van der Waals surface area contributed by atoms with E-state index >= 15 is 0 Å². The third kappa shape index (κ3) is 3.59. The number of imide groups is 1. The first-order valence-corrected chi connectivity index (χ1v) is 9.36. The molecule has 0 spiro atoms. The fourth-order valence-electron chi connectivity index (χ4n) is 3.50. The lowest BCUT2D eigenvalue weighted by molar-refractivity contribution is -0.123. The van der Waals surface area contributed by atoms with Gasteiger partial charge in [-0.15, -0.1) is 0 Å². The maximum absolute atomic E-state index is 13.8. The second-order valence-corrected chi connectivity index (χ2v) is 6.92. The first-order chi connectivity index (χ1) is 15.3. The predicted molar refractivity (Wildman–Crippen MR) is 106 cm³/mol. The Balaban J connectivity index is 1.52. The highest BCUT2D eigenvalue weighted by Crippen LogP contribution is 2.36. The van der Waals surface area contributed by atoms with E-state index in [1.54, 1.807) is 6.07 Å². The van der Waals surface area contributed by atoms with Crippen molar-refractivity contribution in [3.8, 4) is 11.5 Å². The lowest BCUT2D eigenvalue weighted by Crippen LogP contribution is -2.43. The molecule has 0 saturated carbocycles. The number of rotatable bonds is 6. The van der Waals surface area contributed by atoms with Crippen molar-refractivity contribution < 1.29 is 32.6 Å². The molecule has 32 heavy (non-hydrogen) atoms. The summed E-state index contributed by atoms with van der Waals surface area (Å²) in [7, 11) is 2.87. The number of anilines is 2. The van der Waals surface area contributed by atoms with Crippen LogP contribution in [0.15, 0.2) is 46.7 Å². The fraction of sp³-hybridized carbons (Fsp3) is 0.250. The molecule has 0 unspecified atom stereocenters. The van der Waals surface area contributed by atoms with Gasteiger partial charge in [0.1, 0.15) is 18.2 Å². The molecule has 2 aliphatic heterocycles. The highest BCUT2D eigenvalue weighted by atomic mass is 19.1. The second-order valence-electron chi connectivity index (χ2n) is 6.92. The number of amides is 3. The zero-order chi connectivity index (χ0) is 23.0. The first kappa shape index (κ1) is 21.2. The molecule has 2 aromatic carbocycles. The zero-order valence-electron chi connectivity index (χ0n) is 16.9. The van der Waals surface area contributed by atoms with E-state index in [9.17, 15) is 23.2 Å². The maximum atomic E-state index is 13.8. The molecule has 2 aliphatic rings. The molecule has 3 amide bonds. The fourth-order valence-corrected chi connectivity index (χ4v) is 3.50. The predicted octanol–water partition coefficient (Wildman–Crippen LogP) is 1.91. The monoisotopic (exact) mass is 445 g/mol. The Labute approximate surface area is 180 Å². The van der Waals surface area contributed by atoms with Gasteiger partial charge < -0.3 is 14.8 Å². The van der Waals surface area contributed by atoms with Gasteiger partial charge in [0.2, 0.25) is 5.91 Å². The SMILES string of the molecule is COc1ccc(N2C(=O)[C@H]3N=NN(CC(=O)Nc4cc(F)ccc4F)[C@@H]3C2=O)cc1OC. The van der Waals surface area contributed by atoms with Crippen molar-refractivity contribution in [1.82, 2.24) is 5.01 Å². The van der Waals surface area contributed by atoms with Crippen LogP contribution in [0.3, 0.4) is 0 Å². The van der Waals surface area contributed by atoms with Crippen molar-refractivity contribution in [1.29, 1.82) is 0 Å². The molecule has 2 aromatic rings. The molecule has 10 nitrogen and oxygen atoms in total. The molecular weight excluding hydrogens is 428 g/mol. The summed E-state index contributed by atoms with van der Waals surface area (Å²) in [4.78, 5) is 39.1. The van der Waals surface area contributed by atoms with Crippen LogP contribution in [0.25, 0.3) is 0 Å². The Hall–Kier alpha value is -4.09. The highest BCUT2D eigenvalue weighted by molar-refractivity contribution is 6.25. The van der Waals surface area contributed by atoms with Crippen LogP contribution in [0.5, 0.6) is 11.5 Å². The van der Waals surface area contributed by atoms with E-state index in [-0.39, 0.29) is 11.4 Å². The van der Waals surface area contributed by atoms with Crippen molar-refractivity contribution in [3.63, 3.8) is 0 Å². The van der Waals surface area contributed by atoms with Gasteiger partial charge in [0.25, 0.3) is 11.8 Å². The minimum Gasteiger partial charge on any atom is -0.493 e. The molecule has 2 heterocycles. The van der Waals surface area contributed by atoms with Gasteiger partial charge in [-0.1, -0.05) is 5.22 Å². The van der Waals surface area contributed by atoms with E-state index in [1.165, 1.54) is 26.4 Å². The average Bonchev–Trinajstić information content (AvgIpc) is 3.29. The van der Waals surface area contributed by atoms with Gasteiger partial charge in [-0.3, -0.25) is 19.4 Å². The minimum absolute atomic E-state index is 0.244. The Morgan fingerprint density at radius 2 is 1.81 bits per heavy atom. The van der Waals surface area contributed by atoms with E-state index in [4.69, 9.17) is 9.47 Å². The largest absolute Gasteiger partial charge is 0.493 e. The number of fused-ring (bicyclic) bond motifs is 1. The van der Waals surface area contributed by atoms with Crippen molar-refractivity contribution in [2.45, 2.75) is 12.1 Å². The van der Waals surface area contributed by atoms with Crippen LogP contribution >= 0.6 is 0 Å². The molecule has 4 rings (SSSR count). The van der Waals surface area contributed by atoms with Crippen LogP contribution < -0.4 is 19.7 Å². The topological polar surface area (TPSA) is 113 Å². The summed E-state index contributed by atoms with van der Waals surface area (Å²) in [6.45, 7) is -0.501. The van der Waals surface area contributed by atoms with Crippen molar-refractivity contribution in [2.24, 2.45) is 10.3 Å². The summed E-state index contributed by atoms with van der Waals surface area (Å²) in [5.41, 5.74) is -0.114. The normalized spacial score (nSPS) is 19.4. The Morgan fingerprint density at radius 3 is 2.53 bits per heavy atom. The third-order valence-electron chi connectivity index (χ3n) is 4.99. The highest BCUT2D eigenvalue weighted by Gasteiger charge is 2.55. The van der Waals surface area contributed by atoms with Crippen LogP contribution in [-0.4, -0.2) is 55.6 Å². The maximum Gasteiger partial charge on any atom is 0.263 e. The lowest BCUT2D eigenvalue weighted by atomic mass is 10.1. The lowest BCUT2D eigenvalue weighted by Gasteiger charge is -2.20. The van der Waals surface area contributed by atoms with Gasteiger partial charge in [0.05, 0.1) is 25.6 Å². The Kier molecular flexibility index (Phi) is 5.43. The Bertz CT molecular complexity index is 1140. The molecule has 0 radical (unpaired) electrons. The van der Waals surface area contributed by atoms with E-state index in [0.717, 1.165) is 28.1 Å². The number of nitrogens with zero attached hydrogens (tertiary/aromatic N) is 4. The van der Waals surface area contributed by atoms with E-state index in [0.29, 0.717) is 11.5 Å². The number of hydrogen-bond acceptors (Lipinski definition) is 8. The smallest absolute Gasteiger partial charge is 0.263 e. The number of carbonyl (C=O) groups is 3. The molecule has 1 fully saturated rings. The molecule has 0 bridgehead atoms. The first-order valence-electron chi connectivity index (χ1n) is 9.36. The molecule has 1 saturated heterocycles. The summed E-state index contributed by atoms with van der Waals surface area (Å²) in [5, 5.41) is 10.8. The molecule has 2 atom stereocenters. The van der Waals surface area contributed by atoms with Crippen LogP contribution in [0, 0.1) is 11.6 Å². The number of carbonyl (C=O) groups excluding carboxylic acids is 3. The van der Waals surface area contributed by atoms with E-state index in [2.05, 4.69) is 15.7 Å². The Morgan fingerprint density at radius 1 is 1.06 bits per heavy atom. The summed E-state index contributed by atoms with van der Waals surface area (Å²) in [5.74, 6) is -2.84. The number of hydrogen-bond donors (Lipinski definition) is 1. The van der Waals surface area contributed by atoms with Crippen molar-refractivity contribution >= 4 is 29.1 Å². The van der Waals surface area contributed by atoms with Crippen LogP contribution in [-0.2, 0) is 14.4 Å². The van der Waals surface area contributed by atoms with Crippen molar-refractivity contribution in [2.75, 3.05) is 31.0 Å². The summed E-state index contributed by atoms with van der Waals surface area (Å²) in [6.07, 6.45) is 0. The molecule has 1 N–H and O–H groups in total. The number of halogens is 2. The standard InChI is InChI=1S/C20H17F2N5O5/c1-31-14-6-4-11(8-15(14)32-2)27-19(29)17-18(20(27)30)26(25-24-17)9-16(28)23-13-7-10(21)3-5-12(13)22/h3-8,17-18H,9H2,1-2H3,(H,23,28)/t17-,18-/m0/s1. The number of methoxy groups -OCH3 is 2. The average molecular weight is 445 g/mol. The summed E-state index contributed by atoms with van der Waals surface area (Å²) < 4.78 is 37.4. The third-order valence-corrected chi connectivity index (χ3v) is 4.99.